The number of ether oxygens (including phenoxy) is 1. The van der Waals surface area contributed by atoms with Crippen LogP contribution in [0.15, 0.2) is 18.2 Å². The van der Waals surface area contributed by atoms with Gasteiger partial charge in [-0.25, -0.2) is 8.42 Å². The fourth-order valence-corrected chi connectivity index (χ4v) is 4.15. The maximum Gasteiger partial charge on any atom is 0.151 e. The summed E-state index contributed by atoms with van der Waals surface area (Å²) < 4.78 is 28.8. The van der Waals surface area contributed by atoms with Crippen molar-refractivity contribution in [3.8, 4) is 5.75 Å². The van der Waals surface area contributed by atoms with E-state index in [0.29, 0.717) is 0 Å². The van der Waals surface area contributed by atoms with Crippen LogP contribution in [-0.4, -0.2) is 26.0 Å². The Kier molecular flexibility index (Phi) is 3.74. The molecule has 3 atom stereocenters. The molecule has 2 rings (SSSR count). The Labute approximate surface area is 117 Å². The number of hydrogen-bond donors (Lipinski definition) is 0. The molecule has 100 valence electrons. The van der Waals surface area contributed by atoms with Crippen molar-refractivity contribution in [2.75, 3.05) is 6.26 Å². The summed E-state index contributed by atoms with van der Waals surface area (Å²) in [5.41, 5.74) is 2.15. The average molecular weight is 333 g/mol. The molecule has 0 spiro atoms. The first-order valence-electron chi connectivity index (χ1n) is 5.91. The molecule has 0 aliphatic carbocycles. The number of fused-ring (bicyclic) bond motifs is 1. The smallest absolute Gasteiger partial charge is 0.151 e. The van der Waals surface area contributed by atoms with Crippen molar-refractivity contribution in [2.45, 2.75) is 36.4 Å². The minimum atomic E-state index is -3.05. The monoisotopic (exact) mass is 332 g/mol. The molecular formula is C13H17BrO3S. The molecule has 0 amide bonds. The fraction of sp³-hybridized carbons (Fsp3) is 0.538. The zero-order valence-corrected chi connectivity index (χ0v) is 13.1. The third-order valence-electron chi connectivity index (χ3n) is 3.33. The SMILES string of the molecule is CC1Cc2cc(C(Br)C(C)S(C)(=O)=O)ccc2O1. The summed E-state index contributed by atoms with van der Waals surface area (Å²) in [6.07, 6.45) is 2.36. The normalized spacial score (nSPS) is 22.1. The second kappa shape index (κ2) is 4.85. The van der Waals surface area contributed by atoms with Gasteiger partial charge in [0.05, 0.1) is 10.1 Å². The molecule has 0 bridgehead atoms. The largest absolute Gasteiger partial charge is 0.490 e. The second-order valence-electron chi connectivity index (χ2n) is 4.94. The van der Waals surface area contributed by atoms with Crippen LogP contribution in [0.4, 0.5) is 0 Å². The lowest BCUT2D eigenvalue weighted by molar-refractivity contribution is 0.254. The minimum Gasteiger partial charge on any atom is -0.490 e. The van der Waals surface area contributed by atoms with Gasteiger partial charge in [0.25, 0.3) is 0 Å². The van der Waals surface area contributed by atoms with Crippen LogP contribution >= 0.6 is 15.9 Å². The summed E-state index contributed by atoms with van der Waals surface area (Å²) in [6, 6.07) is 5.90. The van der Waals surface area contributed by atoms with Crippen molar-refractivity contribution in [3.05, 3.63) is 29.3 Å². The maximum absolute atomic E-state index is 11.6. The van der Waals surface area contributed by atoms with E-state index in [2.05, 4.69) is 15.9 Å². The standard InChI is InChI=1S/C13H17BrO3S/c1-8-6-11-7-10(4-5-12(11)17-8)13(14)9(2)18(3,15)16/h4-5,7-9,13H,6H2,1-3H3. The topological polar surface area (TPSA) is 43.4 Å². The van der Waals surface area contributed by atoms with Crippen LogP contribution in [0.1, 0.15) is 29.8 Å². The number of halogens is 1. The Balaban J connectivity index is 2.28. The number of alkyl halides is 1. The Morgan fingerprint density at radius 1 is 1.44 bits per heavy atom. The number of benzene rings is 1. The molecule has 0 radical (unpaired) electrons. The first kappa shape index (κ1) is 13.9. The van der Waals surface area contributed by atoms with E-state index in [9.17, 15) is 8.42 Å². The van der Waals surface area contributed by atoms with Crippen LogP contribution in [0, 0.1) is 0 Å². The second-order valence-corrected chi connectivity index (χ2v) is 8.33. The van der Waals surface area contributed by atoms with Crippen LogP contribution in [0.3, 0.4) is 0 Å². The Hall–Kier alpha value is -0.550. The van der Waals surface area contributed by atoms with Gasteiger partial charge in [0, 0.05) is 12.7 Å². The molecule has 0 saturated heterocycles. The first-order chi connectivity index (χ1) is 8.29. The lowest BCUT2D eigenvalue weighted by atomic mass is 10.0. The van der Waals surface area contributed by atoms with Crippen molar-refractivity contribution in [1.82, 2.24) is 0 Å². The van der Waals surface area contributed by atoms with Crippen molar-refractivity contribution in [1.29, 1.82) is 0 Å². The molecule has 1 aromatic carbocycles. The van der Waals surface area contributed by atoms with E-state index >= 15 is 0 Å². The predicted molar refractivity (Wildman–Crippen MR) is 76.2 cm³/mol. The number of sulfone groups is 1. The third kappa shape index (κ3) is 2.72. The van der Waals surface area contributed by atoms with E-state index in [-0.39, 0.29) is 10.9 Å². The van der Waals surface area contributed by atoms with Gasteiger partial charge in [-0.05, 0) is 31.0 Å². The Bertz CT molecular complexity index is 553. The van der Waals surface area contributed by atoms with Gasteiger partial charge in [0.1, 0.15) is 11.9 Å². The van der Waals surface area contributed by atoms with E-state index in [1.165, 1.54) is 6.26 Å². The summed E-state index contributed by atoms with van der Waals surface area (Å²) in [6.45, 7) is 3.76. The number of hydrogen-bond acceptors (Lipinski definition) is 3. The van der Waals surface area contributed by atoms with Gasteiger partial charge >= 0.3 is 0 Å². The highest BCUT2D eigenvalue weighted by atomic mass is 79.9. The quantitative estimate of drug-likeness (QED) is 0.799. The van der Waals surface area contributed by atoms with Crippen molar-refractivity contribution < 1.29 is 13.2 Å². The predicted octanol–water partition coefficient (Wildman–Crippen LogP) is 2.88. The molecule has 1 aliphatic rings. The van der Waals surface area contributed by atoms with Crippen LogP contribution in [0.2, 0.25) is 0 Å². The maximum atomic E-state index is 11.6. The highest BCUT2D eigenvalue weighted by Crippen LogP contribution is 2.36. The molecule has 3 unspecified atom stereocenters. The minimum absolute atomic E-state index is 0.186. The van der Waals surface area contributed by atoms with Crippen LogP contribution in [-0.2, 0) is 16.3 Å². The van der Waals surface area contributed by atoms with E-state index in [1.54, 1.807) is 6.92 Å². The Morgan fingerprint density at radius 2 is 2.11 bits per heavy atom. The van der Waals surface area contributed by atoms with Gasteiger partial charge in [0.2, 0.25) is 0 Å². The summed E-state index contributed by atoms with van der Waals surface area (Å²) >= 11 is 3.49. The summed E-state index contributed by atoms with van der Waals surface area (Å²) in [5, 5.41) is -0.449. The average Bonchev–Trinajstić information content (AvgIpc) is 2.64. The van der Waals surface area contributed by atoms with E-state index in [0.717, 1.165) is 23.3 Å². The van der Waals surface area contributed by atoms with Gasteiger partial charge < -0.3 is 4.74 Å². The van der Waals surface area contributed by atoms with Crippen LogP contribution in [0.25, 0.3) is 0 Å². The van der Waals surface area contributed by atoms with Gasteiger partial charge in [-0.3, -0.25) is 0 Å². The third-order valence-corrected chi connectivity index (χ3v) is 6.62. The molecule has 0 aromatic heterocycles. The van der Waals surface area contributed by atoms with Gasteiger partial charge in [-0.15, -0.1) is 0 Å². The molecule has 0 saturated carbocycles. The molecule has 0 N–H and O–H groups in total. The molecule has 1 aliphatic heterocycles. The Morgan fingerprint density at radius 3 is 2.72 bits per heavy atom. The zero-order valence-electron chi connectivity index (χ0n) is 10.7. The van der Waals surface area contributed by atoms with Crippen molar-refractivity contribution in [3.63, 3.8) is 0 Å². The number of rotatable bonds is 3. The van der Waals surface area contributed by atoms with Gasteiger partial charge in [0.15, 0.2) is 9.84 Å². The van der Waals surface area contributed by atoms with Gasteiger partial charge in [-0.1, -0.05) is 28.1 Å². The summed E-state index contributed by atoms with van der Waals surface area (Å²) in [4.78, 5) is -0.186. The molecule has 3 nitrogen and oxygen atoms in total. The molecule has 1 heterocycles. The summed E-state index contributed by atoms with van der Waals surface area (Å²) in [7, 11) is -3.05. The molecular weight excluding hydrogens is 316 g/mol. The van der Waals surface area contributed by atoms with E-state index < -0.39 is 15.1 Å². The van der Waals surface area contributed by atoms with E-state index in [4.69, 9.17) is 4.74 Å². The highest BCUT2D eigenvalue weighted by Gasteiger charge is 2.27. The van der Waals surface area contributed by atoms with Crippen molar-refractivity contribution in [2.24, 2.45) is 0 Å². The molecule has 1 aromatic rings. The highest BCUT2D eigenvalue weighted by molar-refractivity contribution is 9.09. The molecule has 5 heteroatoms. The van der Waals surface area contributed by atoms with Crippen molar-refractivity contribution >= 4 is 25.8 Å². The summed E-state index contributed by atoms with van der Waals surface area (Å²) in [5.74, 6) is 0.915. The lowest BCUT2D eigenvalue weighted by Gasteiger charge is -2.17. The zero-order chi connectivity index (χ0) is 13.5. The molecule has 18 heavy (non-hydrogen) atoms. The first-order valence-corrected chi connectivity index (χ1v) is 8.78. The van der Waals surface area contributed by atoms with Gasteiger partial charge in [-0.2, -0.15) is 0 Å². The van der Waals surface area contributed by atoms with Crippen LogP contribution in [0.5, 0.6) is 5.75 Å². The van der Waals surface area contributed by atoms with E-state index in [1.807, 2.05) is 25.1 Å². The van der Waals surface area contributed by atoms with Crippen LogP contribution < -0.4 is 4.74 Å². The lowest BCUT2D eigenvalue weighted by Crippen LogP contribution is -2.20. The fourth-order valence-electron chi connectivity index (χ4n) is 2.10. The molecule has 0 fully saturated rings.